The SMILES string of the molecule is Cc1sc(-c2ccco2)nc1C(=O)N1CCN2CCCC[C@H]2C1. The van der Waals surface area contributed by atoms with Crippen LogP contribution in [0.15, 0.2) is 22.8 Å². The van der Waals surface area contributed by atoms with Crippen LogP contribution in [0.25, 0.3) is 10.8 Å². The number of aromatic nitrogens is 1. The summed E-state index contributed by atoms with van der Waals surface area (Å²) in [6.45, 7) is 5.79. The van der Waals surface area contributed by atoms with E-state index in [1.54, 1.807) is 6.26 Å². The van der Waals surface area contributed by atoms with Crippen molar-refractivity contribution in [2.24, 2.45) is 0 Å². The molecule has 0 radical (unpaired) electrons. The third-order valence-corrected chi connectivity index (χ3v) is 5.84. The van der Waals surface area contributed by atoms with Crippen molar-refractivity contribution in [3.8, 4) is 10.8 Å². The molecule has 1 amide bonds. The molecule has 4 heterocycles. The maximum absolute atomic E-state index is 12.9. The van der Waals surface area contributed by atoms with Crippen LogP contribution in [-0.4, -0.2) is 52.9 Å². The quantitative estimate of drug-likeness (QED) is 0.849. The van der Waals surface area contributed by atoms with Crippen LogP contribution in [0.2, 0.25) is 0 Å². The van der Waals surface area contributed by atoms with Gasteiger partial charge < -0.3 is 9.32 Å². The number of thiazole rings is 1. The Bertz CT molecular complexity index is 695. The molecule has 6 heteroatoms. The molecule has 4 rings (SSSR count). The van der Waals surface area contributed by atoms with Gasteiger partial charge in [0.1, 0.15) is 5.69 Å². The van der Waals surface area contributed by atoms with Gasteiger partial charge in [-0.15, -0.1) is 11.3 Å². The molecule has 1 atom stereocenters. The molecule has 5 nitrogen and oxygen atoms in total. The highest BCUT2D eigenvalue weighted by atomic mass is 32.1. The van der Waals surface area contributed by atoms with Gasteiger partial charge in [-0.25, -0.2) is 4.98 Å². The minimum Gasteiger partial charge on any atom is -0.462 e. The van der Waals surface area contributed by atoms with Crippen LogP contribution < -0.4 is 0 Å². The zero-order chi connectivity index (χ0) is 15.8. The number of nitrogens with zero attached hydrogens (tertiary/aromatic N) is 3. The Labute approximate surface area is 139 Å². The third-order valence-electron chi connectivity index (χ3n) is 4.86. The van der Waals surface area contributed by atoms with Gasteiger partial charge in [-0.05, 0) is 38.4 Å². The fourth-order valence-corrected chi connectivity index (χ4v) is 4.46. The van der Waals surface area contributed by atoms with Gasteiger partial charge in [-0.3, -0.25) is 9.69 Å². The molecule has 2 fully saturated rings. The minimum absolute atomic E-state index is 0.0711. The first-order valence-electron chi connectivity index (χ1n) is 8.27. The first-order valence-corrected chi connectivity index (χ1v) is 9.08. The summed E-state index contributed by atoms with van der Waals surface area (Å²) in [5, 5.41) is 0.784. The zero-order valence-corrected chi connectivity index (χ0v) is 14.1. The summed E-state index contributed by atoms with van der Waals surface area (Å²) >= 11 is 1.52. The molecule has 2 aromatic rings. The van der Waals surface area contributed by atoms with Gasteiger partial charge >= 0.3 is 0 Å². The van der Waals surface area contributed by atoms with E-state index in [0.29, 0.717) is 11.7 Å². The molecule has 0 aromatic carbocycles. The standard InChI is InChI=1S/C17H21N3O2S/c1-12-15(18-16(23-12)14-6-4-10-22-14)17(21)20-9-8-19-7-3-2-5-13(19)11-20/h4,6,10,13H,2-3,5,7-9,11H2,1H3/t13-/m0/s1. The van der Waals surface area contributed by atoms with Gasteiger partial charge in [0.05, 0.1) is 6.26 Å². The first-order chi connectivity index (χ1) is 11.2. The lowest BCUT2D eigenvalue weighted by atomic mass is 9.99. The van der Waals surface area contributed by atoms with Gasteiger partial charge in [0, 0.05) is 30.6 Å². The van der Waals surface area contributed by atoms with Crippen LogP contribution in [0.1, 0.15) is 34.6 Å². The van der Waals surface area contributed by atoms with Crippen molar-refractivity contribution < 1.29 is 9.21 Å². The Hall–Kier alpha value is -1.66. The average Bonchev–Trinajstić information content (AvgIpc) is 3.23. The maximum atomic E-state index is 12.9. The van der Waals surface area contributed by atoms with Gasteiger partial charge in [0.2, 0.25) is 0 Å². The Morgan fingerprint density at radius 3 is 3.09 bits per heavy atom. The van der Waals surface area contributed by atoms with E-state index in [-0.39, 0.29) is 5.91 Å². The van der Waals surface area contributed by atoms with Crippen LogP contribution in [0, 0.1) is 6.92 Å². The number of aryl methyl sites for hydroxylation is 1. The highest BCUT2D eigenvalue weighted by Crippen LogP contribution is 2.29. The topological polar surface area (TPSA) is 49.6 Å². The van der Waals surface area contributed by atoms with Gasteiger partial charge in [-0.2, -0.15) is 0 Å². The monoisotopic (exact) mass is 331 g/mol. The van der Waals surface area contributed by atoms with E-state index in [1.807, 2.05) is 24.0 Å². The zero-order valence-electron chi connectivity index (χ0n) is 13.3. The van der Waals surface area contributed by atoms with Gasteiger partial charge in [0.15, 0.2) is 10.8 Å². The lowest BCUT2D eigenvalue weighted by Crippen LogP contribution is -2.56. The summed E-state index contributed by atoms with van der Waals surface area (Å²) in [4.78, 5) is 22.9. The number of furan rings is 1. The van der Waals surface area contributed by atoms with Crippen LogP contribution >= 0.6 is 11.3 Å². The van der Waals surface area contributed by atoms with Crippen molar-refractivity contribution in [2.75, 3.05) is 26.2 Å². The number of carbonyl (C=O) groups excluding carboxylic acids is 1. The van der Waals surface area contributed by atoms with Crippen LogP contribution in [0.5, 0.6) is 0 Å². The summed E-state index contributed by atoms with van der Waals surface area (Å²) in [5.41, 5.74) is 0.589. The molecule has 0 N–H and O–H groups in total. The Kier molecular flexibility index (Phi) is 3.95. The Morgan fingerprint density at radius 2 is 2.26 bits per heavy atom. The average molecular weight is 331 g/mol. The lowest BCUT2D eigenvalue weighted by Gasteiger charge is -2.43. The normalized spacial score (nSPS) is 22.1. The molecule has 0 unspecified atom stereocenters. The number of rotatable bonds is 2. The molecular formula is C17H21N3O2S. The smallest absolute Gasteiger partial charge is 0.273 e. The molecule has 2 aliphatic heterocycles. The van der Waals surface area contributed by atoms with Crippen LogP contribution in [0.4, 0.5) is 0 Å². The second kappa shape index (κ2) is 6.09. The van der Waals surface area contributed by atoms with Crippen molar-refractivity contribution in [3.05, 3.63) is 29.0 Å². The largest absolute Gasteiger partial charge is 0.462 e. The van der Waals surface area contributed by atoms with E-state index in [4.69, 9.17) is 4.42 Å². The minimum atomic E-state index is 0.0711. The summed E-state index contributed by atoms with van der Waals surface area (Å²) in [6, 6.07) is 4.26. The number of hydrogen-bond acceptors (Lipinski definition) is 5. The predicted octanol–water partition coefficient (Wildman–Crippen LogP) is 3.02. The van der Waals surface area contributed by atoms with Crippen LogP contribution in [0.3, 0.4) is 0 Å². The molecule has 23 heavy (non-hydrogen) atoms. The molecule has 2 aromatic heterocycles. The van der Waals surface area contributed by atoms with Crippen molar-refractivity contribution in [3.63, 3.8) is 0 Å². The number of hydrogen-bond donors (Lipinski definition) is 0. The van der Waals surface area contributed by atoms with Crippen molar-refractivity contribution in [1.82, 2.24) is 14.8 Å². The van der Waals surface area contributed by atoms with E-state index in [2.05, 4.69) is 9.88 Å². The van der Waals surface area contributed by atoms with Crippen molar-refractivity contribution in [2.45, 2.75) is 32.2 Å². The van der Waals surface area contributed by atoms with Crippen LogP contribution in [-0.2, 0) is 0 Å². The lowest BCUT2D eigenvalue weighted by molar-refractivity contribution is 0.0368. The molecule has 0 bridgehead atoms. The molecule has 0 saturated carbocycles. The van der Waals surface area contributed by atoms with Gasteiger partial charge in [0.25, 0.3) is 5.91 Å². The number of fused-ring (bicyclic) bond motifs is 1. The van der Waals surface area contributed by atoms with E-state index >= 15 is 0 Å². The number of piperidine rings is 1. The predicted molar refractivity (Wildman–Crippen MR) is 89.7 cm³/mol. The number of carbonyl (C=O) groups is 1. The fourth-order valence-electron chi connectivity index (χ4n) is 3.59. The highest BCUT2D eigenvalue weighted by Gasteiger charge is 2.32. The molecule has 0 aliphatic carbocycles. The molecule has 122 valence electrons. The number of amides is 1. The summed E-state index contributed by atoms with van der Waals surface area (Å²) < 4.78 is 5.40. The van der Waals surface area contributed by atoms with E-state index < -0.39 is 0 Å². The summed E-state index contributed by atoms with van der Waals surface area (Å²) in [5.74, 6) is 0.802. The first kappa shape index (κ1) is 14.9. The molecule has 0 spiro atoms. The van der Waals surface area contributed by atoms with Crippen molar-refractivity contribution >= 4 is 17.2 Å². The molecule has 2 aliphatic rings. The Morgan fingerprint density at radius 1 is 1.35 bits per heavy atom. The summed E-state index contributed by atoms with van der Waals surface area (Å²) in [7, 11) is 0. The highest BCUT2D eigenvalue weighted by molar-refractivity contribution is 7.15. The second-order valence-corrected chi connectivity index (χ2v) is 7.54. The summed E-state index contributed by atoms with van der Waals surface area (Å²) in [6.07, 6.45) is 5.41. The van der Waals surface area contributed by atoms with E-state index in [0.717, 1.165) is 35.3 Å². The number of piperazine rings is 1. The third kappa shape index (κ3) is 2.81. The second-order valence-electron chi connectivity index (χ2n) is 6.34. The van der Waals surface area contributed by atoms with E-state index in [1.165, 1.54) is 37.1 Å². The van der Waals surface area contributed by atoms with E-state index in [9.17, 15) is 4.79 Å². The fraction of sp³-hybridized carbons (Fsp3) is 0.529. The van der Waals surface area contributed by atoms with Gasteiger partial charge in [-0.1, -0.05) is 6.42 Å². The Balaban J connectivity index is 1.53. The molecular weight excluding hydrogens is 310 g/mol. The molecule has 2 saturated heterocycles. The maximum Gasteiger partial charge on any atom is 0.273 e. The van der Waals surface area contributed by atoms with Crippen molar-refractivity contribution in [1.29, 1.82) is 0 Å².